The van der Waals surface area contributed by atoms with Crippen molar-refractivity contribution in [2.24, 2.45) is 7.05 Å². The van der Waals surface area contributed by atoms with Crippen molar-refractivity contribution in [1.82, 2.24) is 15.1 Å². The zero-order chi connectivity index (χ0) is 14.5. The van der Waals surface area contributed by atoms with Crippen molar-refractivity contribution in [3.05, 3.63) is 45.7 Å². The van der Waals surface area contributed by atoms with Crippen LogP contribution in [-0.2, 0) is 26.6 Å². The molecule has 0 saturated carbocycles. The molecule has 2 aromatic rings. The molecule has 108 valence electrons. The van der Waals surface area contributed by atoms with Crippen molar-refractivity contribution in [3.63, 3.8) is 0 Å². The van der Waals surface area contributed by atoms with E-state index in [2.05, 4.69) is 45.4 Å². The maximum Gasteiger partial charge on any atom is 0.118 e. The number of ether oxygens (including phenoxy) is 1. The molecule has 20 heavy (non-hydrogen) atoms. The number of hydrogen-bond donors (Lipinski definition) is 1. The van der Waals surface area contributed by atoms with Gasteiger partial charge in [0.1, 0.15) is 5.75 Å². The second-order valence-corrected chi connectivity index (χ2v) is 5.43. The summed E-state index contributed by atoms with van der Waals surface area (Å²) in [5.41, 5.74) is 3.52. The summed E-state index contributed by atoms with van der Waals surface area (Å²) in [5.74, 6) is 0.885. The molecule has 0 radical (unpaired) electrons. The van der Waals surface area contributed by atoms with E-state index in [1.54, 1.807) is 7.11 Å². The van der Waals surface area contributed by atoms with E-state index in [1.165, 1.54) is 11.3 Å². The normalized spacial score (nSPS) is 10.8. The second-order valence-electron chi connectivity index (χ2n) is 4.64. The quantitative estimate of drug-likeness (QED) is 0.880. The molecule has 0 atom stereocenters. The van der Waals surface area contributed by atoms with Gasteiger partial charge < -0.3 is 10.1 Å². The molecule has 1 N–H and O–H groups in total. The zero-order valence-corrected chi connectivity index (χ0v) is 13.7. The van der Waals surface area contributed by atoms with E-state index in [9.17, 15) is 0 Å². The first-order valence-corrected chi connectivity index (χ1v) is 7.49. The lowest BCUT2D eigenvalue weighted by Crippen LogP contribution is -2.15. The number of nitrogens with zero attached hydrogens (tertiary/aromatic N) is 2. The van der Waals surface area contributed by atoms with Gasteiger partial charge in [0, 0.05) is 20.1 Å². The number of aromatic nitrogens is 2. The topological polar surface area (TPSA) is 39.1 Å². The van der Waals surface area contributed by atoms with Gasteiger partial charge in [-0.3, -0.25) is 4.68 Å². The third-order valence-electron chi connectivity index (χ3n) is 3.28. The highest BCUT2D eigenvalue weighted by molar-refractivity contribution is 9.10. The van der Waals surface area contributed by atoms with E-state index in [4.69, 9.17) is 4.74 Å². The molecule has 1 aromatic carbocycles. The lowest BCUT2D eigenvalue weighted by atomic mass is 10.2. The minimum atomic E-state index is 0.788. The molecule has 0 aliphatic rings. The summed E-state index contributed by atoms with van der Waals surface area (Å²) in [6.45, 7) is 3.72. The monoisotopic (exact) mass is 337 g/mol. The van der Waals surface area contributed by atoms with Crippen LogP contribution in [0.15, 0.2) is 28.7 Å². The Morgan fingerprint density at radius 1 is 1.25 bits per heavy atom. The Balaban J connectivity index is 1.94. The van der Waals surface area contributed by atoms with Crippen molar-refractivity contribution in [2.75, 3.05) is 7.11 Å². The van der Waals surface area contributed by atoms with Crippen molar-refractivity contribution in [3.8, 4) is 5.75 Å². The molecule has 0 saturated heterocycles. The van der Waals surface area contributed by atoms with Gasteiger partial charge in [-0.05, 0) is 40.0 Å². The predicted molar refractivity (Wildman–Crippen MR) is 83.8 cm³/mol. The van der Waals surface area contributed by atoms with E-state index in [1.807, 2.05) is 23.9 Å². The average Bonchev–Trinajstić information content (AvgIpc) is 2.75. The Morgan fingerprint density at radius 2 is 1.95 bits per heavy atom. The third kappa shape index (κ3) is 3.41. The second kappa shape index (κ2) is 6.90. The maximum atomic E-state index is 5.15. The number of benzene rings is 1. The predicted octanol–water partition coefficient (Wildman–Crippen LogP) is 3.04. The number of halogens is 1. The molecule has 2 rings (SSSR count). The lowest BCUT2D eigenvalue weighted by Gasteiger charge is -2.07. The van der Waals surface area contributed by atoms with Gasteiger partial charge in [-0.15, -0.1) is 0 Å². The molecule has 5 heteroatoms. The van der Waals surface area contributed by atoms with Crippen LogP contribution in [0.2, 0.25) is 0 Å². The summed E-state index contributed by atoms with van der Waals surface area (Å²) in [4.78, 5) is 0. The van der Waals surface area contributed by atoms with Gasteiger partial charge in [0.05, 0.1) is 23.0 Å². The van der Waals surface area contributed by atoms with Crippen LogP contribution >= 0.6 is 15.9 Å². The molecule has 0 aliphatic heterocycles. The van der Waals surface area contributed by atoms with Crippen molar-refractivity contribution in [2.45, 2.75) is 26.4 Å². The van der Waals surface area contributed by atoms with Gasteiger partial charge in [0.25, 0.3) is 0 Å². The fourth-order valence-electron chi connectivity index (χ4n) is 2.08. The molecule has 0 bridgehead atoms. The van der Waals surface area contributed by atoms with Crippen molar-refractivity contribution < 1.29 is 4.74 Å². The highest BCUT2D eigenvalue weighted by atomic mass is 79.9. The molecule has 0 fully saturated rings. The Labute approximate surface area is 128 Å². The van der Waals surface area contributed by atoms with Gasteiger partial charge >= 0.3 is 0 Å². The van der Waals surface area contributed by atoms with Crippen LogP contribution < -0.4 is 10.1 Å². The Bertz CT molecular complexity index is 563. The first kappa shape index (κ1) is 15.1. The number of aryl methyl sites for hydroxylation is 2. The van der Waals surface area contributed by atoms with Crippen LogP contribution in [0.3, 0.4) is 0 Å². The molecule has 1 heterocycles. The summed E-state index contributed by atoms with van der Waals surface area (Å²) in [6.07, 6.45) is 0.937. The molecule has 1 aromatic heterocycles. The number of methoxy groups -OCH3 is 1. The van der Waals surface area contributed by atoms with Crippen LogP contribution in [0.5, 0.6) is 5.75 Å². The highest BCUT2D eigenvalue weighted by Gasteiger charge is 2.11. The van der Waals surface area contributed by atoms with Crippen LogP contribution in [0.4, 0.5) is 0 Å². The molecule has 4 nitrogen and oxygen atoms in total. The van der Waals surface area contributed by atoms with Gasteiger partial charge in [-0.2, -0.15) is 5.10 Å². The van der Waals surface area contributed by atoms with E-state index in [0.29, 0.717) is 0 Å². The average molecular weight is 338 g/mol. The summed E-state index contributed by atoms with van der Waals surface area (Å²) in [5, 5.41) is 7.93. The minimum Gasteiger partial charge on any atom is -0.497 e. The van der Waals surface area contributed by atoms with Gasteiger partial charge in [0.2, 0.25) is 0 Å². The van der Waals surface area contributed by atoms with Crippen LogP contribution in [0, 0.1) is 0 Å². The summed E-state index contributed by atoms with van der Waals surface area (Å²) >= 11 is 3.63. The molecule has 0 aliphatic carbocycles. The standard InChI is InChI=1S/C15H20BrN3O/c1-4-13-15(16)14(19(2)18-13)10-17-9-11-5-7-12(20-3)8-6-11/h5-8,17H,4,9-10H2,1-3H3. The maximum absolute atomic E-state index is 5.15. The Morgan fingerprint density at radius 3 is 2.50 bits per heavy atom. The van der Waals surface area contributed by atoms with Crippen LogP contribution in [0.1, 0.15) is 23.9 Å². The fourth-order valence-corrected chi connectivity index (χ4v) is 2.84. The lowest BCUT2D eigenvalue weighted by molar-refractivity contribution is 0.414. The number of rotatable bonds is 6. The van der Waals surface area contributed by atoms with Gasteiger partial charge in [0.15, 0.2) is 0 Å². The van der Waals surface area contributed by atoms with Gasteiger partial charge in [-0.25, -0.2) is 0 Å². The number of nitrogens with one attached hydrogen (secondary N) is 1. The third-order valence-corrected chi connectivity index (χ3v) is 4.20. The van der Waals surface area contributed by atoms with E-state index < -0.39 is 0 Å². The van der Waals surface area contributed by atoms with Crippen molar-refractivity contribution >= 4 is 15.9 Å². The first-order valence-electron chi connectivity index (χ1n) is 6.69. The minimum absolute atomic E-state index is 0.788. The molecular weight excluding hydrogens is 318 g/mol. The molecule has 0 unspecified atom stereocenters. The van der Waals surface area contributed by atoms with E-state index >= 15 is 0 Å². The van der Waals surface area contributed by atoms with E-state index in [0.717, 1.165) is 35.4 Å². The highest BCUT2D eigenvalue weighted by Crippen LogP contribution is 2.21. The Kier molecular flexibility index (Phi) is 5.20. The fraction of sp³-hybridized carbons (Fsp3) is 0.400. The summed E-state index contributed by atoms with van der Waals surface area (Å²) in [6, 6.07) is 8.10. The van der Waals surface area contributed by atoms with Crippen LogP contribution in [0.25, 0.3) is 0 Å². The van der Waals surface area contributed by atoms with Gasteiger partial charge in [-0.1, -0.05) is 19.1 Å². The first-order chi connectivity index (χ1) is 9.65. The zero-order valence-electron chi connectivity index (χ0n) is 12.1. The molecule has 0 spiro atoms. The number of hydrogen-bond acceptors (Lipinski definition) is 3. The van der Waals surface area contributed by atoms with Crippen LogP contribution in [-0.4, -0.2) is 16.9 Å². The molecular formula is C15H20BrN3O. The smallest absolute Gasteiger partial charge is 0.118 e. The Hall–Kier alpha value is -1.33. The largest absolute Gasteiger partial charge is 0.497 e. The van der Waals surface area contributed by atoms with E-state index in [-0.39, 0.29) is 0 Å². The SMILES string of the molecule is CCc1nn(C)c(CNCc2ccc(OC)cc2)c1Br. The summed E-state index contributed by atoms with van der Waals surface area (Å²) < 4.78 is 8.20. The van der Waals surface area contributed by atoms with Crippen molar-refractivity contribution in [1.29, 1.82) is 0 Å². The summed E-state index contributed by atoms with van der Waals surface area (Å²) in [7, 11) is 3.66. The molecule has 0 amide bonds.